The molecule has 0 saturated carbocycles. The SMILES string of the molecule is Cc1nc(C(=O)N2CCC3(CCCO3)C(=O)C2)co1. The number of aromatic nitrogens is 1. The molecule has 0 radical (unpaired) electrons. The summed E-state index contributed by atoms with van der Waals surface area (Å²) >= 11 is 0. The Hall–Kier alpha value is -1.69. The molecule has 0 bridgehead atoms. The number of carbonyl (C=O) groups is 2. The topological polar surface area (TPSA) is 72.6 Å². The van der Waals surface area contributed by atoms with Crippen LogP contribution in [0.1, 0.15) is 35.6 Å². The number of hydrogen-bond donors (Lipinski definition) is 0. The van der Waals surface area contributed by atoms with Crippen molar-refractivity contribution in [1.82, 2.24) is 9.88 Å². The Morgan fingerprint density at radius 1 is 1.47 bits per heavy atom. The van der Waals surface area contributed by atoms with Gasteiger partial charge in [-0.15, -0.1) is 0 Å². The summed E-state index contributed by atoms with van der Waals surface area (Å²) in [7, 11) is 0. The number of nitrogens with zero attached hydrogens (tertiary/aromatic N) is 2. The van der Waals surface area contributed by atoms with Crippen molar-refractivity contribution in [2.24, 2.45) is 0 Å². The molecule has 1 atom stereocenters. The van der Waals surface area contributed by atoms with Crippen molar-refractivity contribution >= 4 is 11.7 Å². The molecule has 3 rings (SSSR count). The molecule has 1 aromatic heterocycles. The predicted molar refractivity (Wildman–Crippen MR) is 64.7 cm³/mol. The van der Waals surface area contributed by atoms with Crippen LogP contribution in [0.15, 0.2) is 10.7 Å². The summed E-state index contributed by atoms with van der Waals surface area (Å²) in [5.74, 6) is 0.199. The third kappa shape index (κ3) is 2.06. The van der Waals surface area contributed by atoms with E-state index in [4.69, 9.17) is 9.15 Å². The van der Waals surface area contributed by atoms with Gasteiger partial charge in [0.05, 0.1) is 6.54 Å². The van der Waals surface area contributed by atoms with E-state index in [9.17, 15) is 9.59 Å². The fourth-order valence-electron chi connectivity index (χ4n) is 2.76. The largest absolute Gasteiger partial charge is 0.448 e. The molecule has 2 saturated heterocycles. The monoisotopic (exact) mass is 264 g/mol. The van der Waals surface area contributed by atoms with E-state index in [1.807, 2.05) is 0 Å². The summed E-state index contributed by atoms with van der Waals surface area (Å²) in [5.41, 5.74) is -0.370. The third-order valence-electron chi connectivity index (χ3n) is 3.86. The Morgan fingerprint density at radius 2 is 2.32 bits per heavy atom. The number of ether oxygens (including phenoxy) is 1. The molecule has 0 N–H and O–H groups in total. The second kappa shape index (κ2) is 4.45. The summed E-state index contributed by atoms with van der Waals surface area (Å²) in [6.45, 7) is 2.95. The van der Waals surface area contributed by atoms with Gasteiger partial charge in [-0.2, -0.15) is 0 Å². The Bertz CT molecular complexity index is 516. The van der Waals surface area contributed by atoms with Crippen molar-refractivity contribution in [1.29, 1.82) is 0 Å². The van der Waals surface area contributed by atoms with Crippen molar-refractivity contribution in [2.75, 3.05) is 19.7 Å². The normalized spacial score (nSPS) is 27.2. The first kappa shape index (κ1) is 12.3. The molecule has 6 nitrogen and oxygen atoms in total. The first-order valence-electron chi connectivity index (χ1n) is 6.49. The number of Topliss-reactive ketones (excluding diaryl/α,β-unsaturated/α-hetero) is 1. The highest BCUT2D eigenvalue weighted by Gasteiger charge is 2.46. The van der Waals surface area contributed by atoms with Crippen LogP contribution in [0.25, 0.3) is 0 Å². The van der Waals surface area contributed by atoms with E-state index in [1.165, 1.54) is 11.2 Å². The molecule has 2 aliphatic heterocycles. The molecular weight excluding hydrogens is 248 g/mol. The van der Waals surface area contributed by atoms with E-state index in [0.717, 1.165) is 12.8 Å². The van der Waals surface area contributed by atoms with Gasteiger partial charge in [-0.3, -0.25) is 9.59 Å². The zero-order chi connectivity index (χ0) is 13.5. The van der Waals surface area contributed by atoms with E-state index in [-0.39, 0.29) is 23.9 Å². The Balaban J connectivity index is 1.72. The summed E-state index contributed by atoms with van der Waals surface area (Å²) in [4.78, 5) is 29.9. The van der Waals surface area contributed by atoms with Crippen LogP contribution in [0.4, 0.5) is 0 Å². The molecule has 1 amide bonds. The fourth-order valence-corrected chi connectivity index (χ4v) is 2.76. The molecule has 1 unspecified atom stereocenters. The number of likely N-dealkylation sites (tertiary alicyclic amines) is 1. The van der Waals surface area contributed by atoms with Crippen molar-refractivity contribution in [2.45, 2.75) is 31.8 Å². The third-order valence-corrected chi connectivity index (χ3v) is 3.86. The van der Waals surface area contributed by atoms with Gasteiger partial charge in [0.1, 0.15) is 11.9 Å². The summed E-state index contributed by atoms with van der Waals surface area (Å²) in [6.07, 6.45) is 3.60. The number of oxazole rings is 1. The van der Waals surface area contributed by atoms with Crippen LogP contribution in [-0.2, 0) is 9.53 Å². The maximum atomic E-state index is 12.2. The molecule has 19 heavy (non-hydrogen) atoms. The van der Waals surface area contributed by atoms with Crippen molar-refractivity contribution in [3.8, 4) is 0 Å². The van der Waals surface area contributed by atoms with Crippen LogP contribution in [0.3, 0.4) is 0 Å². The Labute approximate surface area is 110 Å². The minimum absolute atomic E-state index is 0.00446. The zero-order valence-electron chi connectivity index (χ0n) is 10.8. The molecule has 2 aliphatic rings. The van der Waals surface area contributed by atoms with Crippen LogP contribution in [0, 0.1) is 6.92 Å². The molecule has 1 spiro atoms. The summed E-state index contributed by atoms with van der Waals surface area (Å²) in [6, 6.07) is 0. The standard InChI is InChI=1S/C13H16N2O4/c1-9-14-10(8-18-9)12(17)15-5-4-13(11(16)7-15)3-2-6-19-13/h8H,2-7H2,1H3. The van der Waals surface area contributed by atoms with Crippen molar-refractivity contribution < 1.29 is 18.7 Å². The fraction of sp³-hybridized carbons (Fsp3) is 0.615. The molecule has 3 heterocycles. The lowest BCUT2D eigenvalue weighted by Gasteiger charge is -2.36. The Kier molecular flexibility index (Phi) is 2.89. The van der Waals surface area contributed by atoms with E-state index < -0.39 is 5.60 Å². The number of rotatable bonds is 1. The van der Waals surface area contributed by atoms with Crippen molar-refractivity contribution in [3.05, 3.63) is 17.8 Å². The number of aryl methyl sites for hydroxylation is 1. The lowest BCUT2D eigenvalue weighted by molar-refractivity contribution is -0.144. The molecule has 102 valence electrons. The number of hydrogen-bond acceptors (Lipinski definition) is 5. The number of piperidine rings is 1. The highest BCUT2D eigenvalue weighted by molar-refractivity contribution is 5.98. The highest BCUT2D eigenvalue weighted by Crippen LogP contribution is 2.33. The smallest absolute Gasteiger partial charge is 0.276 e. The van der Waals surface area contributed by atoms with E-state index in [2.05, 4.69) is 4.98 Å². The predicted octanol–water partition coefficient (Wildman–Crippen LogP) is 0.947. The van der Waals surface area contributed by atoms with E-state index in [0.29, 0.717) is 25.5 Å². The van der Waals surface area contributed by atoms with Gasteiger partial charge in [0, 0.05) is 26.5 Å². The molecule has 2 fully saturated rings. The van der Waals surface area contributed by atoms with Crippen LogP contribution >= 0.6 is 0 Å². The van der Waals surface area contributed by atoms with Gasteiger partial charge in [0.15, 0.2) is 17.4 Å². The lowest BCUT2D eigenvalue weighted by atomic mass is 9.87. The van der Waals surface area contributed by atoms with Crippen LogP contribution in [0.2, 0.25) is 0 Å². The quantitative estimate of drug-likeness (QED) is 0.755. The molecule has 0 aromatic carbocycles. The summed E-state index contributed by atoms with van der Waals surface area (Å²) in [5, 5.41) is 0. The van der Waals surface area contributed by atoms with E-state index in [1.54, 1.807) is 6.92 Å². The van der Waals surface area contributed by atoms with Crippen molar-refractivity contribution in [3.63, 3.8) is 0 Å². The lowest BCUT2D eigenvalue weighted by Crippen LogP contribution is -2.53. The maximum Gasteiger partial charge on any atom is 0.276 e. The van der Waals surface area contributed by atoms with Crippen LogP contribution in [-0.4, -0.2) is 46.9 Å². The first-order valence-corrected chi connectivity index (χ1v) is 6.49. The first-order chi connectivity index (χ1) is 9.11. The molecule has 0 aliphatic carbocycles. The van der Waals surface area contributed by atoms with Gasteiger partial charge in [0.25, 0.3) is 5.91 Å². The minimum Gasteiger partial charge on any atom is -0.448 e. The van der Waals surface area contributed by atoms with Gasteiger partial charge in [-0.05, 0) is 12.8 Å². The Morgan fingerprint density at radius 3 is 2.89 bits per heavy atom. The number of ketones is 1. The molecular formula is C13H16N2O4. The number of amides is 1. The van der Waals surface area contributed by atoms with Gasteiger partial charge < -0.3 is 14.1 Å². The molecule has 6 heteroatoms. The maximum absolute atomic E-state index is 12.2. The van der Waals surface area contributed by atoms with E-state index >= 15 is 0 Å². The zero-order valence-corrected chi connectivity index (χ0v) is 10.8. The average molecular weight is 264 g/mol. The average Bonchev–Trinajstić information content (AvgIpc) is 3.02. The molecule has 1 aromatic rings. The number of carbonyl (C=O) groups excluding carboxylic acids is 2. The van der Waals surface area contributed by atoms with Gasteiger partial charge in [0.2, 0.25) is 0 Å². The second-order valence-electron chi connectivity index (χ2n) is 5.10. The minimum atomic E-state index is -0.628. The summed E-state index contributed by atoms with van der Waals surface area (Å²) < 4.78 is 10.6. The van der Waals surface area contributed by atoms with Crippen LogP contribution in [0.5, 0.6) is 0 Å². The van der Waals surface area contributed by atoms with Crippen LogP contribution < -0.4 is 0 Å². The highest BCUT2D eigenvalue weighted by atomic mass is 16.5. The van der Waals surface area contributed by atoms with Gasteiger partial charge in [-0.25, -0.2) is 4.98 Å². The second-order valence-corrected chi connectivity index (χ2v) is 5.10. The van der Waals surface area contributed by atoms with Gasteiger partial charge >= 0.3 is 0 Å². The van der Waals surface area contributed by atoms with Gasteiger partial charge in [-0.1, -0.05) is 0 Å².